The summed E-state index contributed by atoms with van der Waals surface area (Å²) in [6.07, 6.45) is 0. The van der Waals surface area contributed by atoms with Crippen LogP contribution in [-0.2, 0) is 17.1 Å². The maximum absolute atomic E-state index is 10.3. The van der Waals surface area contributed by atoms with Crippen LogP contribution in [-0.4, -0.2) is 26.4 Å². The van der Waals surface area contributed by atoms with E-state index in [4.69, 9.17) is 20.4 Å². The van der Waals surface area contributed by atoms with Gasteiger partial charge in [-0.05, 0) is 12.1 Å². The summed E-state index contributed by atoms with van der Waals surface area (Å²) in [4.78, 5) is 10.3. The molecule has 0 saturated carbocycles. The van der Waals surface area contributed by atoms with Crippen molar-refractivity contribution < 1.29 is 42.3 Å². The van der Waals surface area contributed by atoms with Gasteiger partial charge in [0.05, 0.1) is 5.56 Å². The second-order valence-electron chi connectivity index (χ2n) is 2.17. The Kier molecular flexibility index (Phi) is 3.59. The first kappa shape index (κ1) is 11.6. The molecule has 1 aromatic rings. The third-order valence-corrected chi connectivity index (χ3v) is 1.32. The molecule has 0 bridgehead atoms. The quantitative estimate of drug-likeness (QED) is 0.412. The number of phenols is 3. The Balaban J connectivity index is 0.00000144. The van der Waals surface area contributed by atoms with Crippen LogP contribution in [0.5, 0.6) is 17.2 Å². The zero-order valence-corrected chi connectivity index (χ0v) is 7.31. The Morgan fingerprint density at radius 1 is 1.08 bits per heavy atom. The number of hydrogen-bond donors (Lipinski definition) is 4. The number of benzene rings is 1. The molecule has 0 amide bonds. The molecular formula is C7H6FeO5. The molecule has 0 aliphatic heterocycles. The van der Waals surface area contributed by atoms with E-state index in [9.17, 15) is 4.79 Å². The van der Waals surface area contributed by atoms with Crippen molar-refractivity contribution in [2.75, 3.05) is 0 Å². The molecule has 0 saturated heterocycles. The van der Waals surface area contributed by atoms with Crippen LogP contribution in [0.25, 0.3) is 0 Å². The van der Waals surface area contributed by atoms with Crippen molar-refractivity contribution in [3.05, 3.63) is 17.7 Å². The number of phenolic OH excluding ortho intramolecular Hbond substituents is 3. The van der Waals surface area contributed by atoms with Crippen molar-refractivity contribution >= 4 is 5.97 Å². The number of carbonyl (C=O) groups is 1. The van der Waals surface area contributed by atoms with Crippen LogP contribution in [0.1, 0.15) is 10.4 Å². The molecule has 13 heavy (non-hydrogen) atoms. The van der Waals surface area contributed by atoms with Crippen LogP contribution in [0.15, 0.2) is 12.1 Å². The molecular weight excluding hydrogens is 220 g/mol. The van der Waals surface area contributed by atoms with Crippen LogP contribution in [0, 0.1) is 0 Å². The second-order valence-corrected chi connectivity index (χ2v) is 2.17. The van der Waals surface area contributed by atoms with Crippen LogP contribution < -0.4 is 0 Å². The summed E-state index contributed by atoms with van der Waals surface area (Å²) >= 11 is 0. The molecule has 6 heteroatoms. The molecule has 0 aliphatic rings. The largest absolute Gasteiger partial charge is 0.504 e. The van der Waals surface area contributed by atoms with Crippen molar-refractivity contribution in [2.45, 2.75) is 0 Å². The summed E-state index contributed by atoms with van der Waals surface area (Å²) < 4.78 is 0. The monoisotopic (exact) mass is 226 g/mol. The molecule has 72 valence electrons. The summed E-state index contributed by atoms with van der Waals surface area (Å²) in [5, 5.41) is 35.0. The Bertz CT molecular complexity index is 313. The van der Waals surface area contributed by atoms with E-state index >= 15 is 0 Å². The van der Waals surface area contributed by atoms with Gasteiger partial charge in [-0.2, -0.15) is 0 Å². The van der Waals surface area contributed by atoms with Gasteiger partial charge < -0.3 is 20.4 Å². The normalized spacial score (nSPS) is 8.92. The fourth-order valence-electron chi connectivity index (χ4n) is 0.728. The summed E-state index contributed by atoms with van der Waals surface area (Å²) in [5.74, 6) is -3.33. The van der Waals surface area contributed by atoms with E-state index in [0.29, 0.717) is 0 Å². The number of carboxylic acids is 1. The maximum Gasteiger partial charge on any atom is 0.335 e. The molecule has 1 rings (SSSR count). The SMILES string of the molecule is O=C(O)c1cc(O)c(O)c(O)c1.[Fe]. The average Bonchev–Trinajstić information content (AvgIpc) is 1.99. The molecule has 4 N–H and O–H groups in total. The van der Waals surface area contributed by atoms with Gasteiger partial charge in [0, 0.05) is 17.1 Å². The molecule has 1 aromatic carbocycles. The standard InChI is InChI=1S/C7H6O5.Fe/c8-4-1-3(7(11)12)2-5(9)6(4)10;/h1-2,8-10H,(H,11,12);. The van der Waals surface area contributed by atoms with E-state index in [1.807, 2.05) is 0 Å². The van der Waals surface area contributed by atoms with Gasteiger partial charge in [0.25, 0.3) is 0 Å². The van der Waals surface area contributed by atoms with Gasteiger partial charge in [-0.3, -0.25) is 0 Å². The third kappa shape index (κ3) is 2.27. The van der Waals surface area contributed by atoms with Crippen LogP contribution in [0.2, 0.25) is 0 Å². The molecule has 0 aliphatic carbocycles. The van der Waals surface area contributed by atoms with E-state index in [1.54, 1.807) is 0 Å². The summed E-state index contributed by atoms with van der Waals surface area (Å²) in [5.41, 5.74) is -0.289. The van der Waals surface area contributed by atoms with E-state index in [-0.39, 0.29) is 22.6 Å². The minimum Gasteiger partial charge on any atom is -0.504 e. The average molecular weight is 226 g/mol. The molecule has 0 radical (unpaired) electrons. The Morgan fingerprint density at radius 3 is 1.77 bits per heavy atom. The minimum absolute atomic E-state index is 0. The van der Waals surface area contributed by atoms with Crippen molar-refractivity contribution in [2.24, 2.45) is 0 Å². The van der Waals surface area contributed by atoms with Gasteiger partial charge in [-0.15, -0.1) is 0 Å². The second kappa shape index (κ2) is 4.02. The Labute approximate surface area is 83.7 Å². The third-order valence-electron chi connectivity index (χ3n) is 1.32. The smallest absolute Gasteiger partial charge is 0.335 e. The number of rotatable bonds is 1. The van der Waals surface area contributed by atoms with Crippen LogP contribution in [0.4, 0.5) is 0 Å². The molecule has 0 heterocycles. The number of aromatic hydroxyl groups is 3. The van der Waals surface area contributed by atoms with E-state index in [0.717, 1.165) is 12.1 Å². The molecule has 0 atom stereocenters. The molecule has 5 nitrogen and oxygen atoms in total. The van der Waals surface area contributed by atoms with E-state index in [1.165, 1.54) is 0 Å². The molecule has 0 spiro atoms. The van der Waals surface area contributed by atoms with Crippen LogP contribution in [0.3, 0.4) is 0 Å². The predicted molar refractivity (Wildman–Crippen MR) is 38.4 cm³/mol. The fourth-order valence-corrected chi connectivity index (χ4v) is 0.728. The van der Waals surface area contributed by atoms with Gasteiger partial charge in [-0.1, -0.05) is 0 Å². The zero-order chi connectivity index (χ0) is 9.30. The molecule has 0 aromatic heterocycles. The summed E-state index contributed by atoms with van der Waals surface area (Å²) in [7, 11) is 0. The topological polar surface area (TPSA) is 98.0 Å². The fraction of sp³-hybridized carbons (Fsp3) is 0. The van der Waals surface area contributed by atoms with Gasteiger partial charge in [0.15, 0.2) is 17.2 Å². The Morgan fingerprint density at radius 2 is 1.46 bits per heavy atom. The van der Waals surface area contributed by atoms with Crippen molar-refractivity contribution in [1.29, 1.82) is 0 Å². The van der Waals surface area contributed by atoms with Crippen molar-refractivity contribution in [3.8, 4) is 17.2 Å². The maximum atomic E-state index is 10.3. The minimum atomic E-state index is -1.29. The molecule has 0 fully saturated rings. The van der Waals surface area contributed by atoms with Crippen molar-refractivity contribution in [1.82, 2.24) is 0 Å². The number of aromatic carboxylic acids is 1. The van der Waals surface area contributed by atoms with Gasteiger partial charge in [0.1, 0.15) is 0 Å². The van der Waals surface area contributed by atoms with Crippen molar-refractivity contribution in [3.63, 3.8) is 0 Å². The first-order valence-electron chi connectivity index (χ1n) is 3.00. The molecule has 0 unspecified atom stereocenters. The van der Waals surface area contributed by atoms with E-state index < -0.39 is 23.2 Å². The van der Waals surface area contributed by atoms with Gasteiger partial charge in [0.2, 0.25) is 0 Å². The first-order valence-corrected chi connectivity index (χ1v) is 3.00. The van der Waals surface area contributed by atoms with E-state index in [2.05, 4.69) is 0 Å². The van der Waals surface area contributed by atoms with Crippen LogP contribution >= 0.6 is 0 Å². The number of hydrogen-bond acceptors (Lipinski definition) is 4. The first-order chi connectivity index (χ1) is 5.52. The number of carboxylic acid groups (broad SMARTS) is 1. The van der Waals surface area contributed by atoms with Gasteiger partial charge in [-0.25, -0.2) is 4.79 Å². The summed E-state index contributed by atoms with van der Waals surface area (Å²) in [6, 6.07) is 1.69. The van der Waals surface area contributed by atoms with Gasteiger partial charge >= 0.3 is 5.97 Å². The predicted octanol–water partition coefficient (Wildman–Crippen LogP) is 0.499. The zero-order valence-electron chi connectivity index (χ0n) is 6.21. The Hall–Kier alpha value is -1.39. The summed E-state index contributed by atoms with van der Waals surface area (Å²) in [6.45, 7) is 0.